The van der Waals surface area contributed by atoms with E-state index >= 15 is 0 Å². The molecular formula is C13H18N4O2S. The molecule has 2 N–H and O–H groups in total. The highest BCUT2D eigenvalue weighted by Crippen LogP contribution is 2.22. The molecule has 0 atom stereocenters. The van der Waals surface area contributed by atoms with E-state index in [4.69, 9.17) is 4.74 Å². The predicted octanol–water partition coefficient (Wildman–Crippen LogP) is 2.63. The summed E-state index contributed by atoms with van der Waals surface area (Å²) in [5, 5.41) is 6.63. The molecule has 6 nitrogen and oxygen atoms in total. The molecule has 0 fully saturated rings. The number of rotatable bonds is 4. The number of hydrogen-bond donors (Lipinski definition) is 2. The van der Waals surface area contributed by atoms with Gasteiger partial charge in [-0.2, -0.15) is 0 Å². The first-order valence-corrected chi connectivity index (χ1v) is 7.18. The van der Waals surface area contributed by atoms with Crippen LogP contribution in [0.2, 0.25) is 0 Å². The summed E-state index contributed by atoms with van der Waals surface area (Å²) in [4.78, 5) is 20.9. The van der Waals surface area contributed by atoms with E-state index in [1.165, 1.54) is 11.3 Å². The number of amides is 1. The second kappa shape index (κ2) is 6.04. The largest absolute Gasteiger partial charge is 0.444 e. The number of anilines is 1. The van der Waals surface area contributed by atoms with Crippen LogP contribution in [0.1, 0.15) is 20.8 Å². The fourth-order valence-electron chi connectivity index (χ4n) is 1.49. The number of carbonyl (C=O) groups excluding carboxylic acids is 1. The van der Waals surface area contributed by atoms with Gasteiger partial charge in [0, 0.05) is 19.3 Å². The highest BCUT2D eigenvalue weighted by atomic mass is 32.1. The SMILES string of the molecule is CC(C)(C)OC(=O)NCCNc1nc2cccnc2s1. The van der Waals surface area contributed by atoms with Gasteiger partial charge in [-0.1, -0.05) is 11.3 Å². The molecule has 0 bridgehead atoms. The topological polar surface area (TPSA) is 76.1 Å². The van der Waals surface area contributed by atoms with Gasteiger partial charge < -0.3 is 15.4 Å². The Labute approximate surface area is 121 Å². The zero-order valence-corrected chi connectivity index (χ0v) is 12.6. The molecule has 2 aromatic heterocycles. The van der Waals surface area contributed by atoms with Crippen molar-refractivity contribution in [3.63, 3.8) is 0 Å². The van der Waals surface area contributed by atoms with Crippen LogP contribution in [0.4, 0.5) is 9.93 Å². The fraction of sp³-hybridized carbons (Fsp3) is 0.462. The van der Waals surface area contributed by atoms with Crippen LogP contribution in [0.25, 0.3) is 10.3 Å². The second-order valence-electron chi connectivity index (χ2n) is 5.20. The minimum absolute atomic E-state index is 0.412. The van der Waals surface area contributed by atoms with Crippen molar-refractivity contribution in [3.8, 4) is 0 Å². The van der Waals surface area contributed by atoms with Crippen molar-refractivity contribution in [1.82, 2.24) is 15.3 Å². The molecule has 0 aromatic carbocycles. The normalized spacial score (nSPS) is 11.3. The van der Waals surface area contributed by atoms with E-state index in [0.29, 0.717) is 13.1 Å². The molecule has 108 valence electrons. The summed E-state index contributed by atoms with van der Waals surface area (Å²) in [5.41, 5.74) is 0.399. The van der Waals surface area contributed by atoms with Crippen molar-refractivity contribution in [2.24, 2.45) is 0 Å². The lowest BCUT2D eigenvalue weighted by molar-refractivity contribution is 0.0530. The Hall–Kier alpha value is -1.89. The zero-order valence-electron chi connectivity index (χ0n) is 11.8. The number of hydrogen-bond acceptors (Lipinski definition) is 6. The molecule has 2 rings (SSSR count). The van der Waals surface area contributed by atoms with Gasteiger partial charge in [-0.25, -0.2) is 14.8 Å². The van der Waals surface area contributed by atoms with E-state index in [1.54, 1.807) is 6.20 Å². The Morgan fingerprint density at radius 1 is 1.40 bits per heavy atom. The molecule has 7 heteroatoms. The Kier molecular flexibility index (Phi) is 4.39. The number of aromatic nitrogens is 2. The lowest BCUT2D eigenvalue weighted by Crippen LogP contribution is -2.34. The van der Waals surface area contributed by atoms with Gasteiger partial charge in [0.05, 0.1) is 0 Å². The number of nitrogens with one attached hydrogen (secondary N) is 2. The Bertz CT molecular complexity index is 558. The van der Waals surface area contributed by atoms with Gasteiger partial charge in [0.15, 0.2) is 5.13 Å². The van der Waals surface area contributed by atoms with Crippen molar-refractivity contribution in [1.29, 1.82) is 0 Å². The smallest absolute Gasteiger partial charge is 0.407 e. The van der Waals surface area contributed by atoms with Crippen LogP contribution < -0.4 is 10.6 Å². The molecule has 0 unspecified atom stereocenters. The van der Waals surface area contributed by atoms with Crippen LogP contribution in [-0.2, 0) is 4.74 Å². The van der Waals surface area contributed by atoms with Crippen molar-refractivity contribution in [2.75, 3.05) is 18.4 Å². The molecule has 0 saturated heterocycles. The maximum atomic E-state index is 11.4. The molecule has 0 aliphatic rings. The van der Waals surface area contributed by atoms with E-state index in [9.17, 15) is 4.79 Å². The van der Waals surface area contributed by atoms with Gasteiger partial charge in [0.1, 0.15) is 15.9 Å². The summed E-state index contributed by atoms with van der Waals surface area (Å²) in [6, 6.07) is 3.78. The number of ether oxygens (including phenoxy) is 1. The molecule has 0 spiro atoms. The molecule has 0 radical (unpaired) electrons. The van der Waals surface area contributed by atoms with Crippen molar-refractivity contribution in [2.45, 2.75) is 26.4 Å². The molecule has 1 amide bonds. The summed E-state index contributed by atoms with van der Waals surface area (Å²) < 4.78 is 5.14. The summed E-state index contributed by atoms with van der Waals surface area (Å²) in [6.45, 7) is 6.55. The van der Waals surface area contributed by atoms with Crippen molar-refractivity contribution in [3.05, 3.63) is 18.3 Å². The number of thiazole rings is 1. The van der Waals surface area contributed by atoms with Gasteiger partial charge in [-0.3, -0.25) is 0 Å². The zero-order chi connectivity index (χ0) is 14.6. The average molecular weight is 294 g/mol. The van der Waals surface area contributed by atoms with Gasteiger partial charge in [-0.05, 0) is 32.9 Å². The van der Waals surface area contributed by atoms with E-state index in [-0.39, 0.29) is 0 Å². The third-order valence-electron chi connectivity index (χ3n) is 2.24. The van der Waals surface area contributed by atoms with Gasteiger partial charge in [0.2, 0.25) is 0 Å². The third-order valence-corrected chi connectivity index (χ3v) is 3.17. The van der Waals surface area contributed by atoms with Crippen LogP contribution in [0.3, 0.4) is 0 Å². The highest BCUT2D eigenvalue weighted by molar-refractivity contribution is 7.21. The Morgan fingerprint density at radius 3 is 2.90 bits per heavy atom. The summed E-state index contributed by atoms with van der Waals surface area (Å²) >= 11 is 1.49. The maximum absolute atomic E-state index is 11.4. The minimum Gasteiger partial charge on any atom is -0.444 e. The molecule has 20 heavy (non-hydrogen) atoms. The Morgan fingerprint density at radius 2 is 2.20 bits per heavy atom. The fourth-order valence-corrected chi connectivity index (χ4v) is 2.33. The lowest BCUT2D eigenvalue weighted by atomic mass is 10.2. The average Bonchev–Trinajstić information content (AvgIpc) is 2.75. The molecule has 0 saturated carbocycles. The molecule has 2 heterocycles. The van der Waals surface area contributed by atoms with E-state index in [0.717, 1.165) is 15.5 Å². The van der Waals surface area contributed by atoms with E-state index < -0.39 is 11.7 Å². The monoisotopic (exact) mass is 294 g/mol. The molecule has 0 aliphatic carbocycles. The van der Waals surface area contributed by atoms with Crippen LogP contribution in [0, 0.1) is 0 Å². The van der Waals surface area contributed by atoms with Gasteiger partial charge in [-0.15, -0.1) is 0 Å². The van der Waals surface area contributed by atoms with Crippen molar-refractivity contribution >= 4 is 32.9 Å². The quantitative estimate of drug-likeness (QED) is 0.848. The van der Waals surface area contributed by atoms with Crippen LogP contribution >= 0.6 is 11.3 Å². The first-order valence-electron chi connectivity index (χ1n) is 6.36. The third kappa shape index (κ3) is 4.34. The van der Waals surface area contributed by atoms with Crippen LogP contribution in [-0.4, -0.2) is 34.8 Å². The van der Waals surface area contributed by atoms with Crippen LogP contribution in [0.5, 0.6) is 0 Å². The van der Waals surface area contributed by atoms with Crippen molar-refractivity contribution < 1.29 is 9.53 Å². The molecular weight excluding hydrogens is 276 g/mol. The lowest BCUT2D eigenvalue weighted by Gasteiger charge is -2.19. The minimum atomic E-state index is -0.476. The predicted molar refractivity (Wildman–Crippen MR) is 80.1 cm³/mol. The molecule has 2 aromatic rings. The number of alkyl carbamates (subject to hydrolysis) is 1. The maximum Gasteiger partial charge on any atom is 0.407 e. The first kappa shape index (κ1) is 14.5. The number of fused-ring (bicyclic) bond motifs is 1. The number of nitrogens with zero attached hydrogens (tertiary/aromatic N) is 2. The van der Waals surface area contributed by atoms with E-state index in [1.807, 2.05) is 32.9 Å². The number of carbonyl (C=O) groups is 1. The molecule has 0 aliphatic heterocycles. The second-order valence-corrected chi connectivity index (χ2v) is 6.18. The first-order chi connectivity index (χ1) is 9.44. The highest BCUT2D eigenvalue weighted by Gasteiger charge is 2.15. The summed E-state index contributed by atoms with van der Waals surface area (Å²) in [7, 11) is 0. The number of pyridine rings is 1. The van der Waals surface area contributed by atoms with Gasteiger partial charge in [0.25, 0.3) is 0 Å². The standard InChI is InChI=1S/C13H18N4O2S/c1-13(2,3)19-12(18)16-8-7-15-11-17-9-5-4-6-14-10(9)20-11/h4-6H,7-8H2,1-3H3,(H,15,17)(H,16,18). The Balaban J connectivity index is 1.74. The summed E-state index contributed by atoms with van der Waals surface area (Å²) in [5.74, 6) is 0. The van der Waals surface area contributed by atoms with Crippen LogP contribution in [0.15, 0.2) is 18.3 Å². The van der Waals surface area contributed by atoms with Gasteiger partial charge >= 0.3 is 6.09 Å². The van der Waals surface area contributed by atoms with E-state index in [2.05, 4.69) is 20.6 Å². The summed E-state index contributed by atoms with van der Waals surface area (Å²) in [6.07, 6.45) is 1.33.